The molecule has 0 aliphatic rings. The lowest BCUT2D eigenvalue weighted by molar-refractivity contribution is 1.30. The monoisotopic (exact) mass is 187 g/mol. The first-order chi connectivity index (χ1) is 6.36. The third kappa shape index (κ3) is 1.84. The maximum atomic E-state index is 4.97. The zero-order chi connectivity index (χ0) is 9.10. The summed E-state index contributed by atoms with van der Waals surface area (Å²) in [5, 5.41) is 0. The molecule has 0 saturated carbocycles. The minimum Gasteiger partial charge on any atom is -0.352 e. The van der Waals surface area contributed by atoms with Gasteiger partial charge in [-0.3, -0.25) is 0 Å². The first-order valence-corrected chi connectivity index (χ1v) is 4.51. The molecule has 0 radical (unpaired) electrons. The molecule has 0 fully saturated rings. The molecule has 1 aromatic heterocycles. The van der Waals surface area contributed by atoms with Crippen molar-refractivity contribution in [3.05, 3.63) is 53.3 Å². The van der Waals surface area contributed by atoms with Crippen LogP contribution in [0.15, 0.2) is 48.7 Å². The van der Waals surface area contributed by atoms with Gasteiger partial charge in [-0.05, 0) is 23.3 Å². The zero-order valence-corrected chi connectivity index (χ0v) is 7.84. The number of hydrogen-bond acceptors (Lipinski definition) is 1. The van der Waals surface area contributed by atoms with Gasteiger partial charge in [-0.25, -0.2) is 0 Å². The standard InChI is InChI=1S/C11H9NS/c13-11-7-6-10(8-12-11)9-4-2-1-3-5-9/h1-8H,(H,12,13). The van der Waals surface area contributed by atoms with Gasteiger partial charge < -0.3 is 4.98 Å². The van der Waals surface area contributed by atoms with E-state index in [0.29, 0.717) is 0 Å². The first-order valence-electron chi connectivity index (χ1n) is 4.10. The summed E-state index contributed by atoms with van der Waals surface area (Å²) in [7, 11) is 0. The van der Waals surface area contributed by atoms with Crippen molar-refractivity contribution in [2.45, 2.75) is 0 Å². The normalized spacial score (nSPS) is 9.85. The summed E-state index contributed by atoms with van der Waals surface area (Å²) in [4.78, 5) is 3.01. The number of H-pyrrole nitrogens is 1. The minimum absolute atomic E-state index is 0.764. The van der Waals surface area contributed by atoms with E-state index < -0.39 is 0 Å². The van der Waals surface area contributed by atoms with Crippen molar-refractivity contribution < 1.29 is 0 Å². The lowest BCUT2D eigenvalue weighted by Gasteiger charge is -1.99. The number of pyridine rings is 1. The molecule has 2 rings (SSSR count). The van der Waals surface area contributed by atoms with Crippen LogP contribution < -0.4 is 0 Å². The van der Waals surface area contributed by atoms with Crippen LogP contribution in [0.3, 0.4) is 0 Å². The molecular formula is C11H9NS. The number of hydrogen-bond donors (Lipinski definition) is 1. The van der Waals surface area contributed by atoms with Crippen LogP contribution in [0.2, 0.25) is 0 Å². The molecule has 2 aromatic rings. The van der Waals surface area contributed by atoms with E-state index >= 15 is 0 Å². The summed E-state index contributed by atoms with van der Waals surface area (Å²) in [5.74, 6) is 0. The van der Waals surface area contributed by atoms with Gasteiger partial charge in [0.25, 0.3) is 0 Å². The average Bonchev–Trinajstić information content (AvgIpc) is 2.20. The third-order valence-corrected chi connectivity index (χ3v) is 2.15. The van der Waals surface area contributed by atoms with E-state index in [2.05, 4.69) is 17.1 Å². The Balaban J connectivity index is 2.48. The molecule has 13 heavy (non-hydrogen) atoms. The van der Waals surface area contributed by atoms with Crippen molar-refractivity contribution in [2.24, 2.45) is 0 Å². The van der Waals surface area contributed by atoms with E-state index in [0.717, 1.165) is 10.2 Å². The second-order valence-corrected chi connectivity index (χ2v) is 3.25. The fourth-order valence-electron chi connectivity index (χ4n) is 1.22. The highest BCUT2D eigenvalue weighted by molar-refractivity contribution is 7.71. The summed E-state index contributed by atoms with van der Waals surface area (Å²) in [5.41, 5.74) is 2.36. The molecule has 0 aliphatic carbocycles. The minimum atomic E-state index is 0.764. The van der Waals surface area contributed by atoms with Crippen LogP contribution in [-0.4, -0.2) is 4.98 Å². The van der Waals surface area contributed by atoms with E-state index in [1.54, 1.807) is 0 Å². The highest BCUT2D eigenvalue weighted by Crippen LogP contribution is 2.16. The second-order valence-electron chi connectivity index (χ2n) is 2.81. The SMILES string of the molecule is S=c1ccc(-c2ccccc2)c[nH]1. The Morgan fingerprint density at radius 3 is 2.23 bits per heavy atom. The maximum Gasteiger partial charge on any atom is 0.103 e. The van der Waals surface area contributed by atoms with Gasteiger partial charge in [0.1, 0.15) is 4.64 Å². The molecule has 1 N–H and O–H groups in total. The summed E-state index contributed by atoms with van der Waals surface area (Å²) >= 11 is 4.97. The summed E-state index contributed by atoms with van der Waals surface area (Å²) in [6.45, 7) is 0. The van der Waals surface area contributed by atoms with Gasteiger partial charge in [-0.1, -0.05) is 42.5 Å². The molecule has 0 bridgehead atoms. The van der Waals surface area contributed by atoms with Crippen molar-refractivity contribution in [1.82, 2.24) is 4.98 Å². The summed E-state index contributed by atoms with van der Waals surface area (Å²) in [6, 6.07) is 14.1. The fraction of sp³-hybridized carbons (Fsp3) is 0. The van der Waals surface area contributed by atoms with Crippen molar-refractivity contribution in [3.8, 4) is 11.1 Å². The van der Waals surface area contributed by atoms with Crippen LogP contribution in [0, 0.1) is 4.64 Å². The molecule has 1 heterocycles. The lowest BCUT2D eigenvalue weighted by atomic mass is 10.1. The van der Waals surface area contributed by atoms with Crippen LogP contribution in [0.25, 0.3) is 11.1 Å². The molecule has 0 unspecified atom stereocenters. The molecular weight excluding hydrogens is 178 g/mol. The molecule has 1 aromatic carbocycles. The van der Waals surface area contributed by atoms with Gasteiger partial charge in [-0.2, -0.15) is 0 Å². The molecule has 0 spiro atoms. The number of rotatable bonds is 1. The van der Waals surface area contributed by atoms with Crippen LogP contribution in [0.4, 0.5) is 0 Å². The van der Waals surface area contributed by atoms with Gasteiger partial charge in [0.05, 0.1) is 0 Å². The fourth-order valence-corrected chi connectivity index (χ4v) is 1.35. The van der Waals surface area contributed by atoms with Crippen molar-refractivity contribution >= 4 is 12.2 Å². The van der Waals surface area contributed by atoms with Gasteiger partial charge in [0.2, 0.25) is 0 Å². The van der Waals surface area contributed by atoms with E-state index in [1.807, 2.05) is 36.5 Å². The van der Waals surface area contributed by atoms with Gasteiger partial charge >= 0.3 is 0 Å². The predicted molar refractivity (Wildman–Crippen MR) is 57.1 cm³/mol. The molecule has 2 heteroatoms. The number of benzene rings is 1. The van der Waals surface area contributed by atoms with E-state index in [-0.39, 0.29) is 0 Å². The van der Waals surface area contributed by atoms with Crippen molar-refractivity contribution in [2.75, 3.05) is 0 Å². The Kier molecular flexibility index (Phi) is 2.23. The quantitative estimate of drug-likeness (QED) is 0.676. The first kappa shape index (κ1) is 8.20. The smallest absolute Gasteiger partial charge is 0.103 e. The third-order valence-electron chi connectivity index (χ3n) is 1.89. The molecule has 64 valence electrons. The number of aromatic nitrogens is 1. The Labute approximate surface area is 82.1 Å². The van der Waals surface area contributed by atoms with Gasteiger partial charge in [-0.15, -0.1) is 0 Å². The summed E-state index contributed by atoms with van der Waals surface area (Å²) < 4.78 is 0.764. The largest absolute Gasteiger partial charge is 0.352 e. The Bertz CT molecular complexity index is 425. The maximum absolute atomic E-state index is 4.97. The molecule has 0 amide bonds. The Morgan fingerprint density at radius 2 is 1.62 bits per heavy atom. The molecule has 1 nitrogen and oxygen atoms in total. The highest BCUT2D eigenvalue weighted by atomic mass is 32.1. The predicted octanol–water partition coefficient (Wildman–Crippen LogP) is 3.41. The lowest BCUT2D eigenvalue weighted by Crippen LogP contribution is -1.78. The van der Waals surface area contributed by atoms with Crippen LogP contribution in [-0.2, 0) is 0 Å². The van der Waals surface area contributed by atoms with Crippen LogP contribution >= 0.6 is 12.2 Å². The van der Waals surface area contributed by atoms with Crippen molar-refractivity contribution in [1.29, 1.82) is 0 Å². The van der Waals surface area contributed by atoms with E-state index in [9.17, 15) is 0 Å². The summed E-state index contributed by atoms with van der Waals surface area (Å²) in [6.07, 6.45) is 1.93. The van der Waals surface area contributed by atoms with E-state index in [4.69, 9.17) is 12.2 Å². The number of nitrogens with one attached hydrogen (secondary N) is 1. The molecule has 0 atom stereocenters. The van der Waals surface area contributed by atoms with Gasteiger partial charge in [0.15, 0.2) is 0 Å². The second kappa shape index (κ2) is 3.54. The highest BCUT2D eigenvalue weighted by Gasteiger charge is 1.93. The molecule has 0 aliphatic heterocycles. The Morgan fingerprint density at radius 1 is 0.846 bits per heavy atom. The van der Waals surface area contributed by atoms with Crippen molar-refractivity contribution in [3.63, 3.8) is 0 Å². The number of aromatic amines is 1. The van der Waals surface area contributed by atoms with Gasteiger partial charge in [0, 0.05) is 6.20 Å². The van der Waals surface area contributed by atoms with Crippen LogP contribution in [0.5, 0.6) is 0 Å². The molecule has 0 saturated heterocycles. The van der Waals surface area contributed by atoms with Crippen LogP contribution in [0.1, 0.15) is 0 Å². The van der Waals surface area contributed by atoms with E-state index in [1.165, 1.54) is 5.56 Å². The topological polar surface area (TPSA) is 15.8 Å². The Hall–Kier alpha value is -1.41. The average molecular weight is 187 g/mol. The zero-order valence-electron chi connectivity index (χ0n) is 7.03.